The van der Waals surface area contributed by atoms with E-state index in [0.29, 0.717) is 25.4 Å². The molecular weight excluding hydrogens is 354 g/mol. The molecule has 0 saturated heterocycles. The van der Waals surface area contributed by atoms with Crippen LogP contribution in [0.5, 0.6) is 5.75 Å². The predicted molar refractivity (Wildman–Crippen MR) is 109 cm³/mol. The minimum atomic E-state index is -0.305. The summed E-state index contributed by atoms with van der Waals surface area (Å²) in [4.78, 5) is 26.1. The van der Waals surface area contributed by atoms with Crippen LogP contribution in [0.4, 0.5) is 0 Å². The van der Waals surface area contributed by atoms with Crippen molar-refractivity contribution in [1.29, 1.82) is 0 Å². The number of hydrogen-bond donors (Lipinski definition) is 0. The van der Waals surface area contributed by atoms with Crippen LogP contribution in [0.15, 0.2) is 48.5 Å². The van der Waals surface area contributed by atoms with E-state index in [1.54, 1.807) is 11.8 Å². The fourth-order valence-electron chi connectivity index (χ4n) is 2.76. The fourth-order valence-corrected chi connectivity index (χ4v) is 2.76. The lowest BCUT2D eigenvalue weighted by molar-refractivity contribution is -0.144. The van der Waals surface area contributed by atoms with Gasteiger partial charge in [0.25, 0.3) is 5.91 Å². The van der Waals surface area contributed by atoms with Crippen molar-refractivity contribution in [2.24, 2.45) is 0 Å². The quantitative estimate of drug-likeness (QED) is 0.584. The molecule has 0 aromatic heterocycles. The second kappa shape index (κ2) is 11.1. The number of aryl methyl sites for hydroxylation is 2. The predicted octanol–water partition coefficient (Wildman–Crippen LogP) is 3.92. The maximum absolute atomic E-state index is 12.8. The average Bonchev–Trinajstić information content (AvgIpc) is 2.71. The van der Waals surface area contributed by atoms with Crippen molar-refractivity contribution in [3.8, 4) is 5.75 Å². The standard InChI is InChI=1S/C23H29NO4/c1-4-19-7-6-8-21(15-19)28-17-22(25)24(14-13-23(26)27-5-2)16-20-11-9-18(3)10-12-20/h6-12,15H,4-5,13-14,16-17H2,1-3H3. The monoisotopic (exact) mass is 383 g/mol. The summed E-state index contributed by atoms with van der Waals surface area (Å²) in [7, 11) is 0. The van der Waals surface area contributed by atoms with E-state index in [2.05, 4.69) is 6.92 Å². The largest absolute Gasteiger partial charge is 0.484 e. The Hall–Kier alpha value is -2.82. The Morgan fingerprint density at radius 2 is 1.75 bits per heavy atom. The maximum Gasteiger partial charge on any atom is 0.307 e. The molecule has 0 heterocycles. The van der Waals surface area contributed by atoms with Crippen molar-refractivity contribution in [2.75, 3.05) is 19.8 Å². The van der Waals surface area contributed by atoms with Gasteiger partial charge < -0.3 is 14.4 Å². The molecule has 5 nitrogen and oxygen atoms in total. The van der Waals surface area contributed by atoms with Crippen LogP contribution in [0.1, 0.15) is 37.0 Å². The number of nitrogens with zero attached hydrogens (tertiary/aromatic N) is 1. The number of hydrogen-bond acceptors (Lipinski definition) is 4. The molecule has 1 amide bonds. The van der Waals surface area contributed by atoms with Crippen molar-refractivity contribution in [2.45, 2.75) is 40.2 Å². The van der Waals surface area contributed by atoms with Gasteiger partial charge in [-0.1, -0.05) is 48.9 Å². The molecule has 2 rings (SSSR count). The van der Waals surface area contributed by atoms with Crippen LogP contribution < -0.4 is 4.74 Å². The van der Waals surface area contributed by atoms with Gasteiger partial charge in [-0.25, -0.2) is 0 Å². The smallest absolute Gasteiger partial charge is 0.307 e. The van der Waals surface area contributed by atoms with Gasteiger partial charge in [-0.05, 0) is 43.5 Å². The summed E-state index contributed by atoms with van der Waals surface area (Å²) in [6, 6.07) is 15.7. The van der Waals surface area contributed by atoms with Crippen LogP contribution in [0, 0.1) is 6.92 Å². The summed E-state index contributed by atoms with van der Waals surface area (Å²) in [6.45, 7) is 6.85. The van der Waals surface area contributed by atoms with E-state index in [0.717, 1.165) is 23.1 Å². The Morgan fingerprint density at radius 3 is 2.43 bits per heavy atom. The molecule has 5 heteroatoms. The summed E-state index contributed by atoms with van der Waals surface area (Å²) >= 11 is 0. The molecule has 0 unspecified atom stereocenters. The number of esters is 1. The molecule has 0 fully saturated rings. The molecule has 0 spiro atoms. The van der Waals surface area contributed by atoms with E-state index in [1.807, 2.05) is 55.5 Å². The molecule has 28 heavy (non-hydrogen) atoms. The first-order valence-electron chi connectivity index (χ1n) is 9.72. The Kier molecular flexibility index (Phi) is 8.53. The van der Waals surface area contributed by atoms with Gasteiger partial charge in [-0.15, -0.1) is 0 Å². The third-order valence-electron chi connectivity index (χ3n) is 4.41. The number of carbonyl (C=O) groups excluding carboxylic acids is 2. The highest BCUT2D eigenvalue weighted by atomic mass is 16.5. The Morgan fingerprint density at radius 1 is 1.00 bits per heavy atom. The zero-order valence-corrected chi connectivity index (χ0v) is 16.9. The molecule has 0 atom stereocenters. The highest BCUT2D eigenvalue weighted by Crippen LogP contribution is 2.14. The third-order valence-corrected chi connectivity index (χ3v) is 4.41. The van der Waals surface area contributed by atoms with Crippen LogP contribution in [-0.2, 0) is 27.3 Å². The molecule has 0 radical (unpaired) electrons. The van der Waals surface area contributed by atoms with E-state index >= 15 is 0 Å². The van der Waals surface area contributed by atoms with E-state index in [-0.39, 0.29) is 24.9 Å². The topological polar surface area (TPSA) is 55.8 Å². The highest BCUT2D eigenvalue weighted by Gasteiger charge is 2.17. The van der Waals surface area contributed by atoms with Gasteiger partial charge in [0, 0.05) is 13.1 Å². The molecule has 0 bridgehead atoms. The van der Waals surface area contributed by atoms with Crippen molar-refractivity contribution < 1.29 is 19.1 Å². The Labute approximate surface area is 167 Å². The lowest BCUT2D eigenvalue weighted by Gasteiger charge is -2.23. The van der Waals surface area contributed by atoms with Crippen LogP contribution in [0.2, 0.25) is 0 Å². The zero-order chi connectivity index (χ0) is 20.4. The number of carbonyl (C=O) groups is 2. The number of amides is 1. The maximum atomic E-state index is 12.8. The number of rotatable bonds is 10. The number of benzene rings is 2. The molecule has 0 saturated carbocycles. The average molecular weight is 383 g/mol. The molecule has 150 valence electrons. The molecule has 0 N–H and O–H groups in total. The van der Waals surface area contributed by atoms with Crippen LogP contribution in [0.3, 0.4) is 0 Å². The van der Waals surface area contributed by atoms with Gasteiger partial charge in [0.1, 0.15) is 5.75 Å². The van der Waals surface area contributed by atoms with Gasteiger partial charge in [0.05, 0.1) is 13.0 Å². The lowest BCUT2D eigenvalue weighted by atomic mass is 10.1. The van der Waals surface area contributed by atoms with Crippen LogP contribution >= 0.6 is 0 Å². The van der Waals surface area contributed by atoms with Crippen LogP contribution in [0.25, 0.3) is 0 Å². The first-order valence-corrected chi connectivity index (χ1v) is 9.72. The molecule has 0 aliphatic heterocycles. The van der Waals surface area contributed by atoms with E-state index in [4.69, 9.17) is 9.47 Å². The van der Waals surface area contributed by atoms with Crippen molar-refractivity contribution in [3.05, 3.63) is 65.2 Å². The zero-order valence-electron chi connectivity index (χ0n) is 16.9. The molecule has 2 aromatic rings. The second-order valence-corrected chi connectivity index (χ2v) is 6.65. The highest BCUT2D eigenvalue weighted by molar-refractivity contribution is 5.78. The number of ether oxygens (including phenoxy) is 2. The second-order valence-electron chi connectivity index (χ2n) is 6.65. The van der Waals surface area contributed by atoms with Gasteiger partial charge in [-0.2, -0.15) is 0 Å². The summed E-state index contributed by atoms with van der Waals surface area (Å²) in [6.07, 6.45) is 1.07. The van der Waals surface area contributed by atoms with Gasteiger partial charge in [0.2, 0.25) is 0 Å². The van der Waals surface area contributed by atoms with Gasteiger partial charge >= 0.3 is 5.97 Å². The van der Waals surface area contributed by atoms with Crippen molar-refractivity contribution in [3.63, 3.8) is 0 Å². The summed E-state index contributed by atoms with van der Waals surface area (Å²) in [5, 5.41) is 0. The Balaban J connectivity index is 2.01. The minimum Gasteiger partial charge on any atom is -0.484 e. The van der Waals surface area contributed by atoms with Crippen LogP contribution in [-0.4, -0.2) is 36.5 Å². The van der Waals surface area contributed by atoms with E-state index in [9.17, 15) is 9.59 Å². The molecule has 0 aliphatic rings. The first kappa shape index (κ1) is 21.5. The summed E-state index contributed by atoms with van der Waals surface area (Å²) in [5.41, 5.74) is 3.33. The molecular formula is C23H29NO4. The SMILES string of the molecule is CCOC(=O)CCN(Cc1ccc(C)cc1)C(=O)COc1cccc(CC)c1. The normalized spacial score (nSPS) is 10.4. The summed E-state index contributed by atoms with van der Waals surface area (Å²) in [5.74, 6) is 0.209. The third kappa shape index (κ3) is 7.06. The van der Waals surface area contributed by atoms with Gasteiger partial charge in [0.15, 0.2) is 6.61 Å². The van der Waals surface area contributed by atoms with E-state index in [1.165, 1.54) is 0 Å². The summed E-state index contributed by atoms with van der Waals surface area (Å²) < 4.78 is 10.7. The Bertz CT molecular complexity index is 770. The van der Waals surface area contributed by atoms with E-state index < -0.39 is 0 Å². The fraction of sp³-hybridized carbons (Fsp3) is 0.391. The van der Waals surface area contributed by atoms with Crippen molar-refractivity contribution >= 4 is 11.9 Å². The first-order chi connectivity index (χ1) is 13.5. The molecule has 0 aliphatic carbocycles. The minimum absolute atomic E-state index is 0.0676. The van der Waals surface area contributed by atoms with Gasteiger partial charge in [-0.3, -0.25) is 9.59 Å². The molecule has 2 aromatic carbocycles. The lowest BCUT2D eigenvalue weighted by Crippen LogP contribution is -2.36. The van der Waals surface area contributed by atoms with Crippen molar-refractivity contribution in [1.82, 2.24) is 4.90 Å².